The van der Waals surface area contributed by atoms with Crippen LogP contribution in [0.2, 0.25) is 0 Å². The highest BCUT2D eigenvalue weighted by molar-refractivity contribution is 14.1. The van der Waals surface area contributed by atoms with Crippen molar-refractivity contribution in [3.05, 3.63) is 33.4 Å². The van der Waals surface area contributed by atoms with E-state index in [0.29, 0.717) is 18.1 Å². The van der Waals surface area contributed by atoms with Crippen molar-refractivity contribution in [1.29, 1.82) is 0 Å². The Bertz CT molecular complexity index is 554. The highest BCUT2D eigenvalue weighted by Gasteiger charge is 2.33. The van der Waals surface area contributed by atoms with E-state index in [-0.39, 0.29) is 11.4 Å². The molecule has 0 aliphatic carbocycles. The van der Waals surface area contributed by atoms with Gasteiger partial charge in [-0.15, -0.1) is 0 Å². The maximum Gasteiger partial charge on any atom is 0.255 e. The minimum Gasteiger partial charge on any atom is -0.392 e. The molecule has 21 heavy (non-hydrogen) atoms. The SMILES string of the molecule is CC(C)(C(N)=S)N1CCN(C(=O)c2ccccc2I)CC1. The van der Waals surface area contributed by atoms with Crippen molar-refractivity contribution in [2.24, 2.45) is 5.73 Å². The Morgan fingerprint density at radius 2 is 1.81 bits per heavy atom. The van der Waals surface area contributed by atoms with Crippen LogP contribution >= 0.6 is 34.8 Å². The fourth-order valence-electron chi connectivity index (χ4n) is 2.43. The average Bonchev–Trinajstić information content (AvgIpc) is 2.47. The zero-order chi connectivity index (χ0) is 15.6. The van der Waals surface area contributed by atoms with Crippen molar-refractivity contribution in [2.75, 3.05) is 26.2 Å². The van der Waals surface area contributed by atoms with Crippen molar-refractivity contribution in [1.82, 2.24) is 9.80 Å². The first kappa shape index (κ1) is 16.6. The van der Waals surface area contributed by atoms with Crippen LogP contribution in [0.3, 0.4) is 0 Å². The molecule has 114 valence electrons. The number of carbonyl (C=O) groups is 1. The fourth-order valence-corrected chi connectivity index (χ4v) is 3.18. The van der Waals surface area contributed by atoms with Gasteiger partial charge in [0, 0.05) is 29.7 Å². The van der Waals surface area contributed by atoms with Crippen molar-refractivity contribution in [3.63, 3.8) is 0 Å². The van der Waals surface area contributed by atoms with Crippen LogP contribution in [-0.4, -0.2) is 52.4 Å². The number of thiocarbonyl (C=S) groups is 1. The van der Waals surface area contributed by atoms with E-state index in [4.69, 9.17) is 18.0 Å². The Morgan fingerprint density at radius 3 is 2.33 bits per heavy atom. The lowest BCUT2D eigenvalue weighted by molar-refractivity contribution is 0.0538. The summed E-state index contributed by atoms with van der Waals surface area (Å²) in [6, 6.07) is 7.69. The minimum atomic E-state index is -0.300. The molecule has 2 rings (SSSR count). The summed E-state index contributed by atoms with van der Waals surface area (Å²) in [4.78, 5) is 17.2. The molecule has 1 fully saturated rings. The number of halogens is 1. The van der Waals surface area contributed by atoms with Crippen LogP contribution in [0.4, 0.5) is 0 Å². The Kier molecular flexibility index (Phi) is 5.21. The molecule has 2 N–H and O–H groups in total. The Hall–Kier alpha value is -0.730. The summed E-state index contributed by atoms with van der Waals surface area (Å²) in [5.74, 6) is 0.104. The number of hydrogen-bond acceptors (Lipinski definition) is 3. The van der Waals surface area contributed by atoms with Gasteiger partial charge in [0.15, 0.2) is 0 Å². The number of benzene rings is 1. The van der Waals surface area contributed by atoms with Gasteiger partial charge >= 0.3 is 0 Å². The Labute approximate surface area is 144 Å². The van der Waals surface area contributed by atoms with E-state index in [1.165, 1.54) is 0 Å². The molecule has 1 amide bonds. The Balaban J connectivity index is 2.03. The molecule has 0 spiro atoms. The Morgan fingerprint density at radius 1 is 1.24 bits per heavy atom. The molecule has 1 aliphatic heterocycles. The number of piperazine rings is 1. The number of carbonyl (C=O) groups excluding carboxylic acids is 1. The maximum absolute atomic E-state index is 12.6. The van der Waals surface area contributed by atoms with Gasteiger partial charge in [-0.2, -0.15) is 0 Å². The van der Waals surface area contributed by atoms with Gasteiger partial charge in [0.2, 0.25) is 0 Å². The molecule has 0 atom stereocenters. The summed E-state index contributed by atoms with van der Waals surface area (Å²) in [5, 5.41) is 0. The van der Waals surface area contributed by atoms with Crippen LogP contribution in [0.15, 0.2) is 24.3 Å². The van der Waals surface area contributed by atoms with Crippen molar-refractivity contribution >= 4 is 45.7 Å². The lowest BCUT2D eigenvalue weighted by Crippen LogP contribution is -2.59. The van der Waals surface area contributed by atoms with Crippen molar-refractivity contribution in [2.45, 2.75) is 19.4 Å². The van der Waals surface area contributed by atoms with Crippen LogP contribution < -0.4 is 5.73 Å². The predicted octanol–water partition coefficient (Wildman–Crippen LogP) is 2.11. The third-order valence-corrected chi connectivity index (χ3v) is 5.50. The van der Waals surface area contributed by atoms with Crippen LogP contribution in [0, 0.1) is 3.57 Å². The van der Waals surface area contributed by atoms with Crippen LogP contribution in [-0.2, 0) is 0 Å². The molecule has 1 aromatic rings. The van der Waals surface area contributed by atoms with Gasteiger partial charge in [0.25, 0.3) is 5.91 Å². The van der Waals surface area contributed by atoms with Crippen molar-refractivity contribution in [3.8, 4) is 0 Å². The number of nitrogens with zero attached hydrogens (tertiary/aromatic N) is 2. The zero-order valence-corrected chi connectivity index (χ0v) is 15.3. The lowest BCUT2D eigenvalue weighted by atomic mass is 10.0. The quantitative estimate of drug-likeness (QED) is 0.605. The highest BCUT2D eigenvalue weighted by atomic mass is 127. The summed E-state index contributed by atoms with van der Waals surface area (Å²) in [6.45, 7) is 7.06. The van der Waals surface area contributed by atoms with Crippen LogP contribution in [0.1, 0.15) is 24.2 Å². The molecular formula is C15H20IN3OS. The predicted molar refractivity (Wildman–Crippen MR) is 97.5 cm³/mol. The molecule has 1 aliphatic rings. The number of hydrogen-bond donors (Lipinski definition) is 1. The summed E-state index contributed by atoms with van der Waals surface area (Å²) in [5.41, 5.74) is 6.29. The molecule has 0 unspecified atom stereocenters. The van der Waals surface area contributed by atoms with Crippen LogP contribution in [0.5, 0.6) is 0 Å². The number of amides is 1. The molecule has 0 saturated carbocycles. The van der Waals surface area contributed by atoms with Crippen molar-refractivity contribution < 1.29 is 4.79 Å². The van der Waals surface area contributed by atoms with Gasteiger partial charge in [-0.3, -0.25) is 9.69 Å². The second kappa shape index (κ2) is 6.58. The van der Waals surface area contributed by atoms with Gasteiger partial charge in [0.1, 0.15) is 0 Å². The third kappa shape index (κ3) is 3.54. The van der Waals surface area contributed by atoms with E-state index in [1.807, 2.05) is 43.0 Å². The highest BCUT2D eigenvalue weighted by Crippen LogP contribution is 2.20. The van der Waals surface area contributed by atoms with E-state index < -0.39 is 0 Å². The first-order valence-electron chi connectivity index (χ1n) is 6.93. The first-order chi connectivity index (χ1) is 9.84. The topological polar surface area (TPSA) is 49.6 Å². The summed E-state index contributed by atoms with van der Waals surface area (Å²) < 4.78 is 0.992. The number of rotatable bonds is 3. The van der Waals surface area contributed by atoms with E-state index >= 15 is 0 Å². The van der Waals surface area contributed by atoms with E-state index in [9.17, 15) is 4.79 Å². The standard InChI is InChI=1S/C15H20IN3OS/c1-15(2,14(17)21)19-9-7-18(8-10-19)13(20)11-5-3-4-6-12(11)16/h3-6H,7-10H2,1-2H3,(H2,17,21). The molecule has 0 aromatic heterocycles. The number of nitrogens with two attached hydrogens (primary N) is 1. The largest absolute Gasteiger partial charge is 0.392 e. The first-order valence-corrected chi connectivity index (χ1v) is 8.41. The summed E-state index contributed by atoms with van der Waals surface area (Å²) >= 11 is 7.35. The van der Waals surface area contributed by atoms with Gasteiger partial charge in [0.05, 0.1) is 16.1 Å². The third-order valence-electron chi connectivity index (χ3n) is 4.06. The molecule has 1 heterocycles. The molecule has 0 radical (unpaired) electrons. The zero-order valence-electron chi connectivity index (χ0n) is 12.3. The summed E-state index contributed by atoms with van der Waals surface area (Å²) in [6.07, 6.45) is 0. The van der Waals surface area contributed by atoms with Gasteiger partial charge in [-0.1, -0.05) is 24.4 Å². The van der Waals surface area contributed by atoms with E-state index in [0.717, 1.165) is 22.2 Å². The smallest absolute Gasteiger partial charge is 0.255 e. The van der Waals surface area contributed by atoms with Gasteiger partial charge in [-0.25, -0.2) is 0 Å². The van der Waals surface area contributed by atoms with Crippen LogP contribution in [0.25, 0.3) is 0 Å². The minimum absolute atomic E-state index is 0.104. The van der Waals surface area contributed by atoms with E-state index in [2.05, 4.69) is 27.5 Å². The molecule has 1 aromatic carbocycles. The molecule has 4 nitrogen and oxygen atoms in total. The second-order valence-corrected chi connectivity index (χ2v) is 7.28. The van der Waals surface area contributed by atoms with Gasteiger partial charge in [-0.05, 0) is 48.6 Å². The van der Waals surface area contributed by atoms with E-state index in [1.54, 1.807) is 0 Å². The average molecular weight is 417 g/mol. The molecule has 6 heteroatoms. The normalized spacial score (nSPS) is 16.8. The molecular weight excluding hydrogens is 397 g/mol. The molecule has 1 saturated heterocycles. The second-order valence-electron chi connectivity index (χ2n) is 5.68. The lowest BCUT2D eigenvalue weighted by Gasteiger charge is -2.43. The maximum atomic E-state index is 12.6. The summed E-state index contributed by atoms with van der Waals surface area (Å²) in [7, 11) is 0. The van der Waals surface area contributed by atoms with Gasteiger partial charge < -0.3 is 10.6 Å². The fraction of sp³-hybridized carbons (Fsp3) is 0.467. The monoisotopic (exact) mass is 417 g/mol. The molecule has 0 bridgehead atoms.